The summed E-state index contributed by atoms with van der Waals surface area (Å²) >= 11 is 0. The Morgan fingerprint density at radius 2 is 0.487 bits per heavy atom. The summed E-state index contributed by atoms with van der Waals surface area (Å²) in [5.74, 6) is -0.867. The molecule has 0 radical (unpaired) electrons. The number of hydrogen-bond donors (Lipinski definition) is 0. The molecule has 0 aromatic carbocycles. The number of carbonyl (C=O) groups is 3. The van der Waals surface area contributed by atoms with Crippen molar-refractivity contribution in [2.24, 2.45) is 0 Å². The summed E-state index contributed by atoms with van der Waals surface area (Å²) in [7, 11) is 0. The smallest absolute Gasteiger partial charge is 0.306 e. The number of allylic oxidation sites excluding steroid dienone is 14. The van der Waals surface area contributed by atoms with Crippen LogP contribution in [0, 0.1) is 0 Å². The SMILES string of the molecule is CC/C=C\C/C=C\C/C=C\C/C=C\C/C=C\C/C=C\CCCCCCCCCCCCCCC(=O)OCC(COC(=O)CCCCCCC/C=C\CCCCCCC)OC(=O)CCCCCCCCCCCCCCCCCCC. The Balaban J connectivity index is 4.24. The Morgan fingerprint density at radius 1 is 0.263 bits per heavy atom. The van der Waals surface area contributed by atoms with E-state index in [4.69, 9.17) is 14.2 Å². The van der Waals surface area contributed by atoms with Crippen molar-refractivity contribution in [2.45, 2.75) is 354 Å². The fourth-order valence-electron chi connectivity index (χ4n) is 9.97. The Kier molecular flexibility index (Phi) is 65.2. The highest BCUT2D eigenvalue weighted by Crippen LogP contribution is 2.17. The summed E-state index contributed by atoms with van der Waals surface area (Å²) in [6.07, 6.45) is 90.3. The molecule has 6 heteroatoms. The molecule has 0 spiro atoms. The van der Waals surface area contributed by atoms with E-state index < -0.39 is 6.10 Å². The molecule has 0 aliphatic carbocycles. The number of unbranched alkanes of at least 4 members (excludes halogenated alkanes) is 38. The minimum atomic E-state index is -0.779. The maximum atomic E-state index is 12.9. The van der Waals surface area contributed by atoms with Crippen LogP contribution < -0.4 is 0 Å². The Hall–Kier alpha value is -3.41. The van der Waals surface area contributed by atoms with Crippen molar-refractivity contribution in [3.05, 3.63) is 85.1 Å². The monoisotopic (exact) mass is 1110 g/mol. The van der Waals surface area contributed by atoms with Gasteiger partial charge in [0.05, 0.1) is 0 Å². The van der Waals surface area contributed by atoms with Crippen LogP contribution >= 0.6 is 0 Å². The standard InChI is InChI=1S/C74H130O6/c1-4-7-10-13-16-19-22-25-28-30-31-32-33-34-35-36-37-38-39-40-41-42-43-45-46-49-52-55-58-61-64-67-73(76)79-70-71(69-78-72(75)66-63-60-57-54-51-48-27-24-21-18-15-12-9-6-3)80-74(77)68-65-62-59-56-53-50-47-44-29-26-23-20-17-14-11-8-5-2/h7,10,16,19,24-25,27-28,31-32,34-35,37-38,71H,4-6,8-9,11-15,17-18,20-23,26,29-30,33,36,39-70H2,1-3H3/b10-7-,19-16-,27-24-,28-25-,32-31-,35-34-,38-37-. The Morgan fingerprint density at radius 3 is 0.775 bits per heavy atom. The van der Waals surface area contributed by atoms with Gasteiger partial charge in [-0.25, -0.2) is 0 Å². The highest BCUT2D eigenvalue weighted by Gasteiger charge is 2.19. The summed E-state index contributed by atoms with van der Waals surface area (Å²) in [6, 6.07) is 0. The second kappa shape index (κ2) is 68.1. The van der Waals surface area contributed by atoms with Crippen LogP contribution in [0.2, 0.25) is 0 Å². The number of esters is 3. The van der Waals surface area contributed by atoms with Gasteiger partial charge in [-0.15, -0.1) is 0 Å². The first-order valence-corrected chi connectivity index (χ1v) is 34.6. The average Bonchev–Trinajstić information content (AvgIpc) is 3.46. The van der Waals surface area contributed by atoms with Gasteiger partial charge >= 0.3 is 17.9 Å². The number of carbonyl (C=O) groups excluding carboxylic acids is 3. The third-order valence-electron chi connectivity index (χ3n) is 15.1. The predicted octanol–water partition coefficient (Wildman–Crippen LogP) is 23.8. The molecule has 0 saturated heterocycles. The lowest BCUT2D eigenvalue weighted by Crippen LogP contribution is -2.30. The molecule has 80 heavy (non-hydrogen) atoms. The van der Waals surface area contributed by atoms with E-state index in [1.165, 1.54) is 205 Å². The van der Waals surface area contributed by atoms with Crippen molar-refractivity contribution in [2.75, 3.05) is 13.2 Å². The summed E-state index contributed by atoms with van der Waals surface area (Å²) in [6.45, 7) is 6.56. The van der Waals surface area contributed by atoms with Crippen LogP contribution in [0.1, 0.15) is 348 Å². The van der Waals surface area contributed by atoms with E-state index in [1.807, 2.05) is 0 Å². The summed E-state index contributed by atoms with van der Waals surface area (Å²) in [5, 5.41) is 0. The molecule has 0 aliphatic rings. The minimum Gasteiger partial charge on any atom is -0.462 e. The molecule has 0 amide bonds. The predicted molar refractivity (Wildman–Crippen MR) is 348 cm³/mol. The lowest BCUT2D eigenvalue weighted by Gasteiger charge is -2.18. The summed E-state index contributed by atoms with van der Waals surface area (Å²) < 4.78 is 17.0. The average molecular weight is 1120 g/mol. The molecule has 0 N–H and O–H groups in total. The van der Waals surface area contributed by atoms with Crippen molar-refractivity contribution >= 4 is 17.9 Å². The molecule has 0 heterocycles. The molecule has 0 aromatic rings. The molecular weight excluding hydrogens is 985 g/mol. The van der Waals surface area contributed by atoms with Crippen LogP contribution in [0.3, 0.4) is 0 Å². The van der Waals surface area contributed by atoms with Crippen LogP contribution in [-0.4, -0.2) is 37.2 Å². The Labute approximate surface area is 496 Å². The first kappa shape index (κ1) is 76.6. The topological polar surface area (TPSA) is 78.9 Å². The molecular formula is C74H130O6. The summed E-state index contributed by atoms with van der Waals surface area (Å²) in [4.78, 5) is 38.4. The molecule has 0 aromatic heterocycles. The molecule has 462 valence electrons. The number of hydrogen-bond acceptors (Lipinski definition) is 6. The van der Waals surface area contributed by atoms with E-state index in [-0.39, 0.29) is 31.1 Å². The molecule has 6 nitrogen and oxygen atoms in total. The van der Waals surface area contributed by atoms with Crippen molar-refractivity contribution in [3.63, 3.8) is 0 Å². The largest absolute Gasteiger partial charge is 0.462 e. The van der Waals surface area contributed by atoms with Crippen LogP contribution in [-0.2, 0) is 28.6 Å². The normalized spacial score (nSPS) is 12.6. The minimum absolute atomic E-state index is 0.0757. The maximum absolute atomic E-state index is 12.9. The highest BCUT2D eigenvalue weighted by molar-refractivity contribution is 5.71. The third-order valence-corrected chi connectivity index (χ3v) is 15.1. The van der Waals surface area contributed by atoms with Gasteiger partial charge in [0.1, 0.15) is 13.2 Å². The van der Waals surface area contributed by atoms with Crippen LogP contribution in [0.15, 0.2) is 85.1 Å². The zero-order valence-electron chi connectivity index (χ0n) is 53.1. The lowest BCUT2D eigenvalue weighted by molar-refractivity contribution is -0.167. The van der Waals surface area contributed by atoms with E-state index in [1.54, 1.807) is 0 Å². The van der Waals surface area contributed by atoms with Crippen LogP contribution in [0.4, 0.5) is 0 Å². The fraction of sp³-hybridized carbons (Fsp3) is 0.770. The molecule has 0 fully saturated rings. The third kappa shape index (κ3) is 65.4. The van der Waals surface area contributed by atoms with Gasteiger partial charge in [-0.05, 0) is 96.3 Å². The molecule has 0 bridgehead atoms. The quantitative estimate of drug-likeness (QED) is 0.0261. The van der Waals surface area contributed by atoms with Gasteiger partial charge in [-0.2, -0.15) is 0 Å². The van der Waals surface area contributed by atoms with E-state index in [0.29, 0.717) is 19.3 Å². The lowest BCUT2D eigenvalue weighted by atomic mass is 10.0. The van der Waals surface area contributed by atoms with E-state index >= 15 is 0 Å². The fourth-order valence-corrected chi connectivity index (χ4v) is 9.97. The van der Waals surface area contributed by atoms with Gasteiger partial charge in [0.2, 0.25) is 0 Å². The number of rotatable bonds is 63. The van der Waals surface area contributed by atoms with Crippen molar-refractivity contribution in [1.29, 1.82) is 0 Å². The molecule has 0 saturated carbocycles. The molecule has 1 atom stereocenters. The first-order valence-electron chi connectivity index (χ1n) is 34.6. The van der Waals surface area contributed by atoms with E-state index in [0.717, 1.165) is 103 Å². The van der Waals surface area contributed by atoms with Gasteiger partial charge in [0, 0.05) is 19.3 Å². The first-order chi connectivity index (χ1) is 39.5. The van der Waals surface area contributed by atoms with Crippen molar-refractivity contribution < 1.29 is 28.6 Å². The van der Waals surface area contributed by atoms with E-state index in [2.05, 4.69) is 106 Å². The van der Waals surface area contributed by atoms with Gasteiger partial charge in [-0.1, -0.05) is 318 Å². The van der Waals surface area contributed by atoms with Gasteiger partial charge in [-0.3, -0.25) is 14.4 Å². The second-order valence-electron chi connectivity index (χ2n) is 23.1. The molecule has 0 aliphatic heterocycles. The van der Waals surface area contributed by atoms with Gasteiger partial charge < -0.3 is 14.2 Å². The zero-order valence-corrected chi connectivity index (χ0v) is 53.1. The Bertz CT molecular complexity index is 1520. The van der Waals surface area contributed by atoms with Crippen LogP contribution in [0.5, 0.6) is 0 Å². The second-order valence-corrected chi connectivity index (χ2v) is 23.1. The van der Waals surface area contributed by atoms with Gasteiger partial charge in [0.25, 0.3) is 0 Å². The highest BCUT2D eigenvalue weighted by atomic mass is 16.6. The number of ether oxygens (including phenoxy) is 3. The summed E-state index contributed by atoms with van der Waals surface area (Å²) in [5.41, 5.74) is 0. The van der Waals surface area contributed by atoms with Gasteiger partial charge in [0.15, 0.2) is 6.10 Å². The van der Waals surface area contributed by atoms with Crippen molar-refractivity contribution in [3.8, 4) is 0 Å². The maximum Gasteiger partial charge on any atom is 0.306 e. The van der Waals surface area contributed by atoms with Crippen LogP contribution in [0.25, 0.3) is 0 Å². The van der Waals surface area contributed by atoms with E-state index in [9.17, 15) is 14.4 Å². The molecule has 1 unspecified atom stereocenters. The van der Waals surface area contributed by atoms with Crippen molar-refractivity contribution in [1.82, 2.24) is 0 Å². The molecule has 0 rings (SSSR count). The zero-order chi connectivity index (χ0) is 57.8.